The molecule has 0 aliphatic heterocycles. The van der Waals surface area contributed by atoms with E-state index in [1.165, 1.54) is 18.4 Å². The molecule has 2 heterocycles. The molecule has 0 unspecified atom stereocenters. The molecule has 3 rings (SSSR count). The van der Waals surface area contributed by atoms with Gasteiger partial charge in [0.05, 0.1) is 24.1 Å². The number of hydrogen-bond donors (Lipinski definition) is 0. The van der Waals surface area contributed by atoms with Crippen molar-refractivity contribution in [2.75, 3.05) is 7.11 Å². The van der Waals surface area contributed by atoms with Crippen LogP contribution in [0.25, 0.3) is 22.0 Å². The predicted molar refractivity (Wildman–Crippen MR) is 81.1 cm³/mol. The smallest absolute Gasteiger partial charge is 0.337 e. The van der Waals surface area contributed by atoms with Gasteiger partial charge in [0, 0.05) is 24.2 Å². The van der Waals surface area contributed by atoms with Crippen LogP contribution in [0.15, 0.2) is 41.9 Å². The van der Waals surface area contributed by atoms with Crippen molar-refractivity contribution in [3.05, 3.63) is 47.5 Å². The SMILES string of the molecule is COC(=O)c1cccc(-c2nc(-c3ccnn3C)cs2)c1. The number of aromatic nitrogens is 3. The highest BCUT2D eigenvalue weighted by Gasteiger charge is 2.11. The Morgan fingerprint density at radius 2 is 2.19 bits per heavy atom. The molecule has 5 nitrogen and oxygen atoms in total. The highest BCUT2D eigenvalue weighted by Crippen LogP contribution is 2.29. The number of thiazole rings is 1. The van der Waals surface area contributed by atoms with Crippen molar-refractivity contribution in [1.82, 2.24) is 14.8 Å². The first-order chi connectivity index (χ1) is 10.2. The minimum atomic E-state index is -0.347. The van der Waals surface area contributed by atoms with E-state index in [-0.39, 0.29) is 5.97 Å². The summed E-state index contributed by atoms with van der Waals surface area (Å²) in [5.74, 6) is -0.347. The Kier molecular flexibility index (Phi) is 3.53. The Hall–Kier alpha value is -2.47. The molecule has 0 saturated carbocycles. The second kappa shape index (κ2) is 5.49. The van der Waals surface area contributed by atoms with Gasteiger partial charge in [-0.3, -0.25) is 4.68 Å². The molecule has 0 atom stereocenters. The standard InChI is InChI=1S/C15H13N3O2S/c1-18-13(6-7-16-18)12-9-21-14(17-12)10-4-3-5-11(8-10)15(19)20-2/h3-9H,1-2H3. The van der Waals surface area contributed by atoms with Gasteiger partial charge >= 0.3 is 5.97 Å². The zero-order chi connectivity index (χ0) is 14.8. The van der Waals surface area contributed by atoms with Crippen LogP contribution in [0, 0.1) is 0 Å². The summed E-state index contributed by atoms with van der Waals surface area (Å²) in [5, 5.41) is 6.99. The maximum Gasteiger partial charge on any atom is 0.337 e. The van der Waals surface area contributed by atoms with Crippen molar-refractivity contribution in [3.8, 4) is 22.0 Å². The number of carbonyl (C=O) groups excluding carboxylic acids is 1. The van der Waals surface area contributed by atoms with Gasteiger partial charge in [-0.25, -0.2) is 9.78 Å². The third-order valence-corrected chi connectivity index (χ3v) is 4.01. The highest BCUT2D eigenvalue weighted by atomic mass is 32.1. The van der Waals surface area contributed by atoms with Crippen LogP contribution in [0.4, 0.5) is 0 Å². The summed E-state index contributed by atoms with van der Waals surface area (Å²) in [6, 6.07) is 9.19. The van der Waals surface area contributed by atoms with Gasteiger partial charge < -0.3 is 4.74 Å². The van der Waals surface area contributed by atoms with Crippen LogP contribution >= 0.6 is 11.3 Å². The van der Waals surface area contributed by atoms with Gasteiger partial charge in [0.1, 0.15) is 5.01 Å². The maximum atomic E-state index is 11.6. The van der Waals surface area contributed by atoms with Crippen LogP contribution in [0.5, 0.6) is 0 Å². The monoisotopic (exact) mass is 299 g/mol. The summed E-state index contributed by atoms with van der Waals surface area (Å²) in [6.07, 6.45) is 1.74. The average Bonchev–Trinajstić information content (AvgIpc) is 3.15. The molecule has 0 spiro atoms. The number of carbonyl (C=O) groups is 1. The summed E-state index contributed by atoms with van der Waals surface area (Å²) < 4.78 is 6.52. The van der Waals surface area contributed by atoms with Crippen molar-refractivity contribution < 1.29 is 9.53 Å². The van der Waals surface area contributed by atoms with Gasteiger partial charge in [0.2, 0.25) is 0 Å². The molecule has 1 aromatic carbocycles. The third kappa shape index (κ3) is 2.57. The lowest BCUT2D eigenvalue weighted by atomic mass is 10.1. The second-order valence-electron chi connectivity index (χ2n) is 4.45. The molecule has 6 heteroatoms. The summed E-state index contributed by atoms with van der Waals surface area (Å²) in [6.45, 7) is 0. The summed E-state index contributed by atoms with van der Waals surface area (Å²) in [5.41, 5.74) is 3.25. The van der Waals surface area contributed by atoms with Gasteiger partial charge in [0.25, 0.3) is 0 Å². The van der Waals surface area contributed by atoms with Crippen molar-refractivity contribution in [1.29, 1.82) is 0 Å². The molecular weight excluding hydrogens is 286 g/mol. The third-order valence-electron chi connectivity index (χ3n) is 3.12. The van der Waals surface area contributed by atoms with E-state index in [4.69, 9.17) is 4.74 Å². The first-order valence-electron chi connectivity index (χ1n) is 6.31. The zero-order valence-electron chi connectivity index (χ0n) is 11.6. The molecule has 2 aromatic heterocycles. The molecule has 0 saturated heterocycles. The zero-order valence-corrected chi connectivity index (χ0v) is 12.4. The van der Waals surface area contributed by atoms with Gasteiger partial charge in [-0.05, 0) is 18.2 Å². The number of benzene rings is 1. The summed E-state index contributed by atoms with van der Waals surface area (Å²) >= 11 is 1.53. The first-order valence-corrected chi connectivity index (χ1v) is 7.19. The fraction of sp³-hybridized carbons (Fsp3) is 0.133. The van der Waals surface area contributed by atoms with E-state index in [0.717, 1.165) is 22.0 Å². The first kappa shape index (κ1) is 13.5. The number of rotatable bonds is 3. The van der Waals surface area contributed by atoms with Gasteiger partial charge in [-0.1, -0.05) is 12.1 Å². The van der Waals surface area contributed by atoms with Crippen LogP contribution in [0.2, 0.25) is 0 Å². The maximum absolute atomic E-state index is 11.6. The van der Waals surface area contributed by atoms with E-state index < -0.39 is 0 Å². The van der Waals surface area contributed by atoms with E-state index in [1.54, 1.807) is 23.0 Å². The summed E-state index contributed by atoms with van der Waals surface area (Å²) in [4.78, 5) is 16.2. The number of nitrogens with zero attached hydrogens (tertiary/aromatic N) is 3. The minimum Gasteiger partial charge on any atom is -0.465 e. The van der Waals surface area contributed by atoms with Gasteiger partial charge in [-0.2, -0.15) is 5.10 Å². The quantitative estimate of drug-likeness (QED) is 0.698. The lowest BCUT2D eigenvalue weighted by Crippen LogP contribution is -2.00. The molecule has 0 aliphatic rings. The lowest BCUT2D eigenvalue weighted by molar-refractivity contribution is 0.0601. The molecule has 21 heavy (non-hydrogen) atoms. The van der Waals surface area contributed by atoms with Crippen molar-refractivity contribution in [3.63, 3.8) is 0 Å². The topological polar surface area (TPSA) is 57.0 Å². The van der Waals surface area contributed by atoms with Crippen LogP contribution in [0.1, 0.15) is 10.4 Å². The number of ether oxygens (including phenoxy) is 1. The fourth-order valence-corrected chi connectivity index (χ4v) is 2.86. The molecule has 0 amide bonds. The molecule has 0 N–H and O–H groups in total. The van der Waals surface area contributed by atoms with E-state index in [2.05, 4.69) is 10.1 Å². The molecule has 0 aliphatic carbocycles. The molecule has 0 radical (unpaired) electrons. The van der Waals surface area contributed by atoms with Crippen molar-refractivity contribution in [2.45, 2.75) is 0 Å². The van der Waals surface area contributed by atoms with Crippen LogP contribution < -0.4 is 0 Å². The van der Waals surface area contributed by atoms with Gasteiger partial charge in [-0.15, -0.1) is 11.3 Å². The lowest BCUT2D eigenvalue weighted by Gasteiger charge is -2.01. The Labute approximate surface area is 125 Å². The normalized spacial score (nSPS) is 10.6. The second-order valence-corrected chi connectivity index (χ2v) is 5.31. The fourth-order valence-electron chi connectivity index (χ4n) is 2.05. The molecule has 0 bridgehead atoms. The largest absolute Gasteiger partial charge is 0.465 e. The Bertz CT molecular complexity index is 792. The predicted octanol–water partition coefficient (Wildman–Crippen LogP) is 3.00. The molecule has 3 aromatic rings. The Morgan fingerprint density at radius 1 is 1.33 bits per heavy atom. The van der Waals surface area contributed by atoms with E-state index in [0.29, 0.717) is 5.56 Å². The average molecular weight is 299 g/mol. The van der Waals surface area contributed by atoms with E-state index in [1.807, 2.05) is 30.6 Å². The number of hydrogen-bond acceptors (Lipinski definition) is 5. The van der Waals surface area contributed by atoms with Crippen LogP contribution in [-0.2, 0) is 11.8 Å². The highest BCUT2D eigenvalue weighted by molar-refractivity contribution is 7.13. The Morgan fingerprint density at radius 3 is 2.90 bits per heavy atom. The number of esters is 1. The van der Waals surface area contributed by atoms with Crippen LogP contribution in [-0.4, -0.2) is 27.8 Å². The minimum absolute atomic E-state index is 0.347. The van der Waals surface area contributed by atoms with Crippen molar-refractivity contribution >= 4 is 17.3 Å². The van der Waals surface area contributed by atoms with Crippen molar-refractivity contribution in [2.24, 2.45) is 7.05 Å². The van der Waals surface area contributed by atoms with Crippen LogP contribution in [0.3, 0.4) is 0 Å². The van der Waals surface area contributed by atoms with Gasteiger partial charge in [0.15, 0.2) is 0 Å². The molecule has 106 valence electrons. The Balaban J connectivity index is 1.97. The number of methoxy groups -OCH3 is 1. The van der Waals surface area contributed by atoms with E-state index in [9.17, 15) is 4.79 Å². The van der Waals surface area contributed by atoms with E-state index >= 15 is 0 Å². The number of aryl methyl sites for hydroxylation is 1. The summed E-state index contributed by atoms with van der Waals surface area (Å²) in [7, 11) is 3.26. The molecule has 0 fully saturated rings. The molecular formula is C15H13N3O2S.